The zero-order valence-electron chi connectivity index (χ0n) is 13.0. The first-order chi connectivity index (χ1) is 11.3. The van der Waals surface area contributed by atoms with Gasteiger partial charge in [-0.15, -0.1) is 0 Å². The van der Waals surface area contributed by atoms with Crippen LogP contribution >= 0.6 is 0 Å². The van der Waals surface area contributed by atoms with Gasteiger partial charge >= 0.3 is 0 Å². The number of amides is 1. The van der Waals surface area contributed by atoms with Gasteiger partial charge in [0.25, 0.3) is 5.91 Å². The smallest absolute Gasteiger partial charge is 0.251 e. The normalized spacial score (nSPS) is 10.4. The summed E-state index contributed by atoms with van der Waals surface area (Å²) in [4.78, 5) is 12.2. The van der Waals surface area contributed by atoms with Crippen LogP contribution in [0.5, 0.6) is 0 Å². The van der Waals surface area contributed by atoms with E-state index in [9.17, 15) is 4.79 Å². The Balaban J connectivity index is 1.47. The molecule has 0 aliphatic rings. The topological polar surface area (TPSA) is 41.1 Å². The van der Waals surface area contributed by atoms with Crippen LogP contribution in [0.25, 0.3) is 10.8 Å². The fraction of sp³-hybridized carbons (Fsp3) is 0.150. The van der Waals surface area contributed by atoms with Crippen LogP contribution in [0.15, 0.2) is 72.8 Å². The van der Waals surface area contributed by atoms with Crippen LogP contribution in [0.1, 0.15) is 16.8 Å². The second kappa shape index (κ2) is 7.45. The van der Waals surface area contributed by atoms with E-state index >= 15 is 0 Å². The molecule has 2 N–H and O–H groups in total. The van der Waals surface area contributed by atoms with Gasteiger partial charge in [0.2, 0.25) is 0 Å². The number of carbonyl (C=O) groups is 1. The predicted octanol–water partition coefficient (Wildman–Crippen LogP) is 4.07. The van der Waals surface area contributed by atoms with Crippen molar-refractivity contribution >= 4 is 22.4 Å². The third-order valence-electron chi connectivity index (χ3n) is 3.75. The number of hydrogen-bond donors (Lipinski definition) is 2. The maximum Gasteiger partial charge on any atom is 0.251 e. The molecule has 1 amide bonds. The van der Waals surface area contributed by atoms with Crippen LogP contribution in [0.3, 0.4) is 0 Å². The van der Waals surface area contributed by atoms with Gasteiger partial charge in [0.05, 0.1) is 0 Å². The van der Waals surface area contributed by atoms with Crippen molar-refractivity contribution in [2.45, 2.75) is 6.42 Å². The molecule has 0 aliphatic heterocycles. The van der Waals surface area contributed by atoms with E-state index in [4.69, 9.17) is 0 Å². The molecule has 0 saturated heterocycles. The summed E-state index contributed by atoms with van der Waals surface area (Å²) in [5, 5.41) is 8.54. The van der Waals surface area contributed by atoms with Crippen molar-refractivity contribution < 1.29 is 4.79 Å². The Hall–Kier alpha value is -2.81. The molecule has 0 aromatic heterocycles. The first-order valence-corrected chi connectivity index (χ1v) is 7.89. The Bertz CT molecular complexity index is 784. The molecule has 116 valence electrons. The Morgan fingerprint density at radius 3 is 2.35 bits per heavy atom. The Morgan fingerprint density at radius 2 is 1.52 bits per heavy atom. The summed E-state index contributed by atoms with van der Waals surface area (Å²) >= 11 is 0. The van der Waals surface area contributed by atoms with Gasteiger partial charge in [0.15, 0.2) is 0 Å². The molecule has 3 nitrogen and oxygen atoms in total. The molecular formula is C20H20N2O. The average molecular weight is 304 g/mol. The van der Waals surface area contributed by atoms with Crippen molar-refractivity contribution in [2.75, 3.05) is 18.4 Å². The Kier molecular flexibility index (Phi) is 4.89. The molecule has 0 aliphatic carbocycles. The van der Waals surface area contributed by atoms with E-state index in [0.717, 1.165) is 29.4 Å². The molecular weight excluding hydrogens is 284 g/mol. The van der Waals surface area contributed by atoms with Crippen LogP contribution < -0.4 is 10.6 Å². The largest absolute Gasteiger partial charge is 0.385 e. The zero-order valence-corrected chi connectivity index (χ0v) is 13.0. The minimum atomic E-state index is -0.0181. The summed E-state index contributed by atoms with van der Waals surface area (Å²) < 4.78 is 0. The highest BCUT2D eigenvalue weighted by Crippen LogP contribution is 2.15. The second-order valence-electron chi connectivity index (χ2n) is 5.46. The van der Waals surface area contributed by atoms with Crippen LogP contribution in [0.4, 0.5) is 5.69 Å². The maximum absolute atomic E-state index is 12.2. The minimum absolute atomic E-state index is 0.0181. The summed E-state index contributed by atoms with van der Waals surface area (Å²) in [5.74, 6) is -0.0181. The summed E-state index contributed by atoms with van der Waals surface area (Å²) in [6, 6.07) is 23.9. The number of fused-ring (bicyclic) bond motifs is 1. The highest BCUT2D eigenvalue weighted by atomic mass is 16.1. The fourth-order valence-corrected chi connectivity index (χ4v) is 2.51. The van der Waals surface area contributed by atoms with E-state index in [1.165, 1.54) is 0 Å². The predicted molar refractivity (Wildman–Crippen MR) is 95.8 cm³/mol. The van der Waals surface area contributed by atoms with Crippen molar-refractivity contribution in [3.8, 4) is 0 Å². The summed E-state index contributed by atoms with van der Waals surface area (Å²) in [7, 11) is 0. The number of para-hydroxylation sites is 1. The lowest BCUT2D eigenvalue weighted by atomic mass is 10.1. The Labute approximate surface area is 136 Å². The van der Waals surface area contributed by atoms with E-state index in [1.54, 1.807) is 0 Å². The number of rotatable bonds is 6. The summed E-state index contributed by atoms with van der Waals surface area (Å²) in [6.45, 7) is 1.49. The molecule has 0 fully saturated rings. The van der Waals surface area contributed by atoms with Gasteiger partial charge < -0.3 is 10.6 Å². The molecule has 0 heterocycles. The van der Waals surface area contributed by atoms with Gasteiger partial charge in [-0.25, -0.2) is 0 Å². The highest BCUT2D eigenvalue weighted by Gasteiger charge is 2.05. The molecule has 3 heteroatoms. The first kappa shape index (κ1) is 15.1. The number of nitrogens with one attached hydrogen (secondary N) is 2. The quantitative estimate of drug-likeness (QED) is 0.674. The van der Waals surface area contributed by atoms with Crippen LogP contribution in [-0.4, -0.2) is 19.0 Å². The van der Waals surface area contributed by atoms with Gasteiger partial charge in [0, 0.05) is 24.3 Å². The van der Waals surface area contributed by atoms with E-state index in [-0.39, 0.29) is 5.91 Å². The van der Waals surface area contributed by atoms with E-state index in [0.29, 0.717) is 12.1 Å². The third-order valence-corrected chi connectivity index (χ3v) is 3.75. The van der Waals surface area contributed by atoms with Crippen molar-refractivity contribution in [3.63, 3.8) is 0 Å². The van der Waals surface area contributed by atoms with Crippen LogP contribution in [-0.2, 0) is 0 Å². The molecule has 0 saturated carbocycles. The highest BCUT2D eigenvalue weighted by molar-refractivity contribution is 5.98. The SMILES string of the molecule is O=C(NCCCNc1ccccc1)c1ccc2ccccc2c1. The summed E-state index contributed by atoms with van der Waals surface area (Å²) in [5.41, 5.74) is 1.81. The van der Waals surface area contributed by atoms with Crippen molar-refractivity contribution in [2.24, 2.45) is 0 Å². The van der Waals surface area contributed by atoms with Crippen molar-refractivity contribution in [1.82, 2.24) is 5.32 Å². The third kappa shape index (κ3) is 4.10. The van der Waals surface area contributed by atoms with Gasteiger partial charge in [-0.3, -0.25) is 4.79 Å². The molecule has 0 unspecified atom stereocenters. The van der Waals surface area contributed by atoms with E-state index < -0.39 is 0 Å². The van der Waals surface area contributed by atoms with Crippen LogP contribution in [0.2, 0.25) is 0 Å². The lowest BCUT2D eigenvalue weighted by Crippen LogP contribution is -2.25. The standard InChI is InChI=1S/C20H20N2O/c23-20(18-12-11-16-7-4-5-8-17(16)15-18)22-14-6-13-21-19-9-2-1-3-10-19/h1-5,7-12,15,21H,6,13-14H2,(H,22,23). The second-order valence-corrected chi connectivity index (χ2v) is 5.46. The number of benzene rings is 3. The lowest BCUT2D eigenvalue weighted by molar-refractivity contribution is 0.0953. The van der Waals surface area contributed by atoms with Gasteiger partial charge in [-0.1, -0.05) is 48.5 Å². The zero-order chi connectivity index (χ0) is 15.9. The molecule has 0 spiro atoms. The lowest BCUT2D eigenvalue weighted by Gasteiger charge is -2.08. The number of anilines is 1. The Morgan fingerprint density at radius 1 is 0.783 bits per heavy atom. The van der Waals surface area contributed by atoms with Crippen molar-refractivity contribution in [1.29, 1.82) is 0 Å². The van der Waals surface area contributed by atoms with Gasteiger partial charge in [-0.05, 0) is 41.5 Å². The monoisotopic (exact) mass is 304 g/mol. The van der Waals surface area contributed by atoms with Crippen LogP contribution in [0, 0.1) is 0 Å². The summed E-state index contributed by atoms with van der Waals surface area (Å²) in [6.07, 6.45) is 0.883. The molecule has 0 radical (unpaired) electrons. The maximum atomic E-state index is 12.2. The first-order valence-electron chi connectivity index (χ1n) is 7.89. The molecule has 3 aromatic carbocycles. The van der Waals surface area contributed by atoms with Gasteiger partial charge in [-0.2, -0.15) is 0 Å². The molecule has 0 atom stereocenters. The molecule has 0 bridgehead atoms. The van der Waals surface area contributed by atoms with E-state index in [1.807, 2.05) is 72.8 Å². The number of carbonyl (C=O) groups excluding carboxylic acids is 1. The van der Waals surface area contributed by atoms with Crippen molar-refractivity contribution in [3.05, 3.63) is 78.4 Å². The molecule has 3 aromatic rings. The molecule has 3 rings (SSSR count). The number of hydrogen-bond acceptors (Lipinski definition) is 2. The minimum Gasteiger partial charge on any atom is -0.385 e. The average Bonchev–Trinajstić information content (AvgIpc) is 2.61. The van der Waals surface area contributed by atoms with E-state index in [2.05, 4.69) is 10.6 Å². The molecule has 23 heavy (non-hydrogen) atoms. The van der Waals surface area contributed by atoms with Gasteiger partial charge in [0.1, 0.15) is 0 Å². The fourth-order valence-electron chi connectivity index (χ4n) is 2.51.